The maximum atomic E-state index is 12.9. The third-order valence-electron chi connectivity index (χ3n) is 4.57. The van der Waals surface area contributed by atoms with Gasteiger partial charge in [-0.3, -0.25) is 4.79 Å². The van der Waals surface area contributed by atoms with Crippen LogP contribution in [0.15, 0.2) is 17.9 Å². The quantitative estimate of drug-likeness (QED) is 0.710. The van der Waals surface area contributed by atoms with Gasteiger partial charge in [0.05, 0.1) is 12.2 Å². The van der Waals surface area contributed by atoms with Gasteiger partial charge >= 0.3 is 6.16 Å². The summed E-state index contributed by atoms with van der Waals surface area (Å²) in [4.78, 5) is 25.0. The minimum atomic E-state index is -0.742. The number of carbonyl (C=O) groups is 2. The molecular formula is C21H28O4. The third-order valence-corrected chi connectivity index (χ3v) is 4.57. The highest BCUT2D eigenvalue weighted by molar-refractivity contribution is 6.26. The van der Waals surface area contributed by atoms with Crippen LogP contribution >= 0.6 is 0 Å². The van der Waals surface area contributed by atoms with Gasteiger partial charge in [-0.05, 0) is 48.9 Å². The van der Waals surface area contributed by atoms with E-state index in [-0.39, 0.29) is 11.7 Å². The van der Waals surface area contributed by atoms with E-state index in [0.717, 1.165) is 16.7 Å². The largest absolute Gasteiger partial charge is 0.513 e. The Kier molecular flexibility index (Phi) is 5.40. The molecule has 0 saturated carbocycles. The van der Waals surface area contributed by atoms with Gasteiger partial charge in [-0.1, -0.05) is 39.8 Å². The smallest absolute Gasteiger partial charge is 0.434 e. The van der Waals surface area contributed by atoms with Crippen LogP contribution in [0.5, 0.6) is 0 Å². The molecule has 0 unspecified atom stereocenters. The van der Waals surface area contributed by atoms with Crippen molar-refractivity contribution in [2.75, 3.05) is 6.61 Å². The predicted octanol–water partition coefficient (Wildman–Crippen LogP) is 5.13. The normalized spacial score (nSPS) is 16.6. The van der Waals surface area contributed by atoms with Gasteiger partial charge in [0.15, 0.2) is 5.78 Å². The summed E-state index contributed by atoms with van der Waals surface area (Å²) in [5.74, 6) is 0.644. The van der Waals surface area contributed by atoms with Crippen LogP contribution in [0.2, 0.25) is 0 Å². The molecule has 4 heteroatoms. The van der Waals surface area contributed by atoms with Gasteiger partial charge in [-0.15, -0.1) is 0 Å². The van der Waals surface area contributed by atoms with Crippen LogP contribution in [0.25, 0.3) is 5.57 Å². The molecule has 0 bridgehead atoms. The molecule has 1 aliphatic carbocycles. The van der Waals surface area contributed by atoms with Crippen LogP contribution in [0, 0.1) is 32.1 Å². The molecule has 0 spiro atoms. The first kappa shape index (κ1) is 19.2. The zero-order valence-electron chi connectivity index (χ0n) is 16.3. The number of benzene rings is 1. The van der Waals surface area contributed by atoms with Crippen molar-refractivity contribution in [1.82, 2.24) is 0 Å². The van der Waals surface area contributed by atoms with Gasteiger partial charge in [0.2, 0.25) is 0 Å². The van der Waals surface area contributed by atoms with Crippen LogP contribution in [0.3, 0.4) is 0 Å². The molecule has 1 aliphatic rings. The minimum absolute atomic E-state index is 0.00510. The molecule has 4 nitrogen and oxygen atoms in total. The highest BCUT2D eigenvalue weighted by atomic mass is 16.7. The number of carbonyl (C=O) groups excluding carboxylic acids is 2. The molecule has 1 aromatic carbocycles. The molecule has 25 heavy (non-hydrogen) atoms. The average molecular weight is 344 g/mol. The van der Waals surface area contributed by atoms with Crippen LogP contribution in [-0.4, -0.2) is 18.5 Å². The lowest BCUT2D eigenvalue weighted by Crippen LogP contribution is -2.19. The molecule has 0 N–H and O–H groups in total. The van der Waals surface area contributed by atoms with Gasteiger partial charge in [-0.2, -0.15) is 0 Å². The molecule has 1 aromatic rings. The first-order chi connectivity index (χ1) is 11.5. The van der Waals surface area contributed by atoms with Gasteiger partial charge in [0, 0.05) is 11.8 Å². The second-order valence-corrected chi connectivity index (χ2v) is 8.00. The first-order valence-corrected chi connectivity index (χ1v) is 8.73. The predicted molar refractivity (Wildman–Crippen MR) is 98.2 cm³/mol. The van der Waals surface area contributed by atoms with Crippen molar-refractivity contribution in [3.8, 4) is 0 Å². The lowest BCUT2D eigenvalue weighted by molar-refractivity contribution is -0.120. The summed E-state index contributed by atoms with van der Waals surface area (Å²) in [5, 5.41) is 0. The zero-order chi connectivity index (χ0) is 18.9. The summed E-state index contributed by atoms with van der Waals surface area (Å²) >= 11 is 0. The van der Waals surface area contributed by atoms with Gasteiger partial charge in [0.1, 0.15) is 5.76 Å². The van der Waals surface area contributed by atoms with E-state index in [9.17, 15) is 9.59 Å². The van der Waals surface area contributed by atoms with E-state index in [1.54, 1.807) is 0 Å². The van der Waals surface area contributed by atoms with Crippen molar-refractivity contribution in [2.24, 2.45) is 11.3 Å². The van der Waals surface area contributed by atoms with Crippen molar-refractivity contribution >= 4 is 17.5 Å². The molecule has 0 radical (unpaired) electrons. The Hall–Kier alpha value is -2.10. The number of ketones is 1. The molecule has 2 rings (SSSR count). The number of ether oxygens (including phenoxy) is 2. The van der Waals surface area contributed by atoms with Crippen LogP contribution in [0.1, 0.15) is 56.4 Å². The summed E-state index contributed by atoms with van der Waals surface area (Å²) < 4.78 is 10.6. The molecule has 0 fully saturated rings. The van der Waals surface area contributed by atoms with Crippen molar-refractivity contribution in [2.45, 2.75) is 54.9 Å². The van der Waals surface area contributed by atoms with Crippen LogP contribution in [0.4, 0.5) is 4.79 Å². The molecule has 136 valence electrons. The summed E-state index contributed by atoms with van der Waals surface area (Å²) in [7, 11) is 0. The lowest BCUT2D eigenvalue weighted by atomic mass is 9.85. The minimum Gasteiger partial charge on any atom is -0.434 e. The Bertz CT molecular complexity index is 739. The monoisotopic (exact) mass is 344 g/mol. The fourth-order valence-electron chi connectivity index (χ4n) is 2.99. The van der Waals surface area contributed by atoms with Crippen LogP contribution in [-0.2, 0) is 14.3 Å². The SMILES string of the molecule is Cc1cc(C)c(C2=C(OC(=O)OCC(C)C)CC(C)(C)C2=O)cc1C. The topological polar surface area (TPSA) is 52.6 Å². The first-order valence-electron chi connectivity index (χ1n) is 8.73. The standard InChI is InChI=1S/C21H28O4/c1-12(2)11-24-20(23)25-17-10-21(6,7)19(22)18(17)16-9-14(4)13(3)8-15(16)5/h8-9,12H,10-11H2,1-7H3. The van der Waals surface area contributed by atoms with E-state index in [1.807, 2.05) is 54.5 Å². The molecule has 0 aliphatic heterocycles. The number of Topliss-reactive ketones (excluding diaryl/α,β-unsaturated/α-hetero) is 1. The molecule has 0 heterocycles. The summed E-state index contributed by atoms with van der Waals surface area (Å²) in [6.07, 6.45) is -0.349. The maximum Gasteiger partial charge on any atom is 0.513 e. The number of rotatable bonds is 4. The van der Waals surface area contributed by atoms with Crippen molar-refractivity contribution < 1.29 is 19.1 Å². The van der Waals surface area contributed by atoms with Crippen molar-refractivity contribution in [3.63, 3.8) is 0 Å². The molecule has 0 atom stereocenters. The fourth-order valence-corrected chi connectivity index (χ4v) is 2.99. The van der Waals surface area contributed by atoms with Gasteiger partial charge in [0.25, 0.3) is 0 Å². The van der Waals surface area contributed by atoms with Crippen molar-refractivity contribution in [3.05, 3.63) is 40.1 Å². The maximum absolute atomic E-state index is 12.9. The van der Waals surface area contributed by atoms with E-state index < -0.39 is 11.6 Å². The Balaban J connectivity index is 2.43. The molecular weight excluding hydrogens is 316 g/mol. The average Bonchev–Trinajstić information content (AvgIpc) is 2.71. The Morgan fingerprint density at radius 1 is 1.12 bits per heavy atom. The Morgan fingerprint density at radius 2 is 1.72 bits per heavy atom. The number of hydrogen-bond donors (Lipinski definition) is 0. The number of allylic oxidation sites excluding steroid dienone is 2. The van der Waals surface area contributed by atoms with E-state index in [2.05, 4.69) is 6.07 Å². The highest BCUT2D eigenvalue weighted by Crippen LogP contribution is 2.44. The van der Waals surface area contributed by atoms with E-state index in [0.29, 0.717) is 24.4 Å². The zero-order valence-corrected chi connectivity index (χ0v) is 16.3. The molecule has 0 aromatic heterocycles. The Morgan fingerprint density at radius 3 is 2.32 bits per heavy atom. The third kappa shape index (κ3) is 4.12. The molecule has 0 amide bonds. The number of hydrogen-bond acceptors (Lipinski definition) is 4. The summed E-state index contributed by atoms with van der Waals surface area (Å²) in [6.45, 7) is 14.0. The summed E-state index contributed by atoms with van der Waals surface area (Å²) in [5.41, 5.74) is 4.03. The highest BCUT2D eigenvalue weighted by Gasteiger charge is 2.42. The van der Waals surface area contributed by atoms with Gasteiger partial charge < -0.3 is 9.47 Å². The van der Waals surface area contributed by atoms with Crippen molar-refractivity contribution in [1.29, 1.82) is 0 Å². The fraction of sp³-hybridized carbons (Fsp3) is 0.524. The number of aryl methyl sites for hydroxylation is 3. The molecule has 0 saturated heterocycles. The second kappa shape index (κ2) is 7.03. The van der Waals surface area contributed by atoms with E-state index in [4.69, 9.17) is 9.47 Å². The Labute approximate surface area is 150 Å². The van der Waals surface area contributed by atoms with E-state index >= 15 is 0 Å². The second-order valence-electron chi connectivity index (χ2n) is 8.00. The van der Waals surface area contributed by atoms with Crippen LogP contribution < -0.4 is 0 Å². The lowest BCUT2D eigenvalue weighted by Gasteiger charge is -2.16. The van der Waals surface area contributed by atoms with E-state index in [1.165, 1.54) is 5.56 Å². The summed E-state index contributed by atoms with van der Waals surface area (Å²) in [6, 6.07) is 4.06. The van der Waals surface area contributed by atoms with Gasteiger partial charge in [-0.25, -0.2) is 4.79 Å².